The smallest absolute Gasteiger partial charge is 0.311 e. The zero-order valence-electron chi connectivity index (χ0n) is 10.6. The van der Waals surface area contributed by atoms with Gasteiger partial charge in [0.2, 0.25) is 5.75 Å². The minimum Gasteiger partial charge on any atom is -0.448 e. The summed E-state index contributed by atoms with van der Waals surface area (Å²) in [6, 6.07) is 7.18. The Hall–Kier alpha value is -2.96. The van der Waals surface area contributed by atoms with Crippen LogP contribution in [0.15, 0.2) is 42.7 Å². The number of amides is 1. The van der Waals surface area contributed by atoms with Crippen molar-refractivity contribution in [1.29, 1.82) is 0 Å². The van der Waals surface area contributed by atoms with E-state index in [4.69, 9.17) is 4.74 Å². The molecule has 20 heavy (non-hydrogen) atoms. The molecule has 0 aliphatic rings. The van der Waals surface area contributed by atoms with Gasteiger partial charge in [-0.2, -0.15) is 0 Å². The van der Waals surface area contributed by atoms with Gasteiger partial charge in [-0.1, -0.05) is 0 Å². The Bertz CT molecular complexity index is 643. The molecular weight excluding hydrogens is 262 g/mol. The fourth-order valence-corrected chi connectivity index (χ4v) is 1.57. The van der Waals surface area contributed by atoms with Gasteiger partial charge in [-0.15, -0.1) is 0 Å². The minimum atomic E-state index is -0.570. The Morgan fingerprint density at radius 2 is 2.20 bits per heavy atom. The van der Waals surface area contributed by atoms with E-state index in [-0.39, 0.29) is 22.9 Å². The predicted octanol–water partition coefficient (Wildman–Crippen LogP) is 2.14. The molecule has 1 aromatic carbocycles. The molecule has 2 rings (SSSR count). The molecule has 1 N–H and O–H groups in total. The van der Waals surface area contributed by atoms with E-state index in [1.54, 1.807) is 18.3 Å². The third-order valence-electron chi connectivity index (χ3n) is 2.51. The van der Waals surface area contributed by atoms with Gasteiger partial charge in [-0.25, -0.2) is 0 Å². The first-order chi connectivity index (χ1) is 9.61. The van der Waals surface area contributed by atoms with Crippen molar-refractivity contribution in [1.82, 2.24) is 10.3 Å². The Kier molecular flexibility index (Phi) is 3.90. The zero-order valence-corrected chi connectivity index (χ0v) is 10.6. The van der Waals surface area contributed by atoms with Gasteiger partial charge in [0.05, 0.1) is 11.1 Å². The molecule has 1 aromatic heterocycles. The highest BCUT2D eigenvalue weighted by Crippen LogP contribution is 2.31. The molecule has 1 amide bonds. The lowest BCUT2D eigenvalue weighted by molar-refractivity contribution is -0.385. The van der Waals surface area contributed by atoms with E-state index in [0.717, 1.165) is 0 Å². The van der Waals surface area contributed by atoms with Gasteiger partial charge in [-0.05, 0) is 18.2 Å². The number of benzene rings is 1. The summed E-state index contributed by atoms with van der Waals surface area (Å²) in [6.07, 6.45) is 2.98. The molecule has 0 fully saturated rings. The predicted molar refractivity (Wildman–Crippen MR) is 70.8 cm³/mol. The lowest BCUT2D eigenvalue weighted by Crippen LogP contribution is -2.17. The summed E-state index contributed by atoms with van der Waals surface area (Å²) in [7, 11) is 1.48. The first-order valence-electron chi connectivity index (χ1n) is 5.70. The van der Waals surface area contributed by atoms with Crippen molar-refractivity contribution in [2.24, 2.45) is 0 Å². The first kappa shape index (κ1) is 13.5. The van der Waals surface area contributed by atoms with Crippen molar-refractivity contribution in [3.05, 3.63) is 58.4 Å². The molecule has 1 heterocycles. The summed E-state index contributed by atoms with van der Waals surface area (Å²) < 4.78 is 5.42. The summed E-state index contributed by atoms with van der Waals surface area (Å²) in [4.78, 5) is 25.8. The maximum absolute atomic E-state index is 11.6. The number of hydrogen-bond donors (Lipinski definition) is 1. The van der Waals surface area contributed by atoms with E-state index in [1.165, 1.54) is 31.4 Å². The van der Waals surface area contributed by atoms with E-state index in [1.807, 2.05) is 0 Å². The van der Waals surface area contributed by atoms with Gasteiger partial charge in [0.25, 0.3) is 5.91 Å². The van der Waals surface area contributed by atoms with Crippen molar-refractivity contribution in [2.75, 3.05) is 7.05 Å². The number of hydrogen-bond acceptors (Lipinski definition) is 5. The maximum Gasteiger partial charge on any atom is 0.311 e. The number of aromatic nitrogens is 1. The molecule has 0 saturated heterocycles. The van der Waals surface area contributed by atoms with Gasteiger partial charge in [0.1, 0.15) is 5.75 Å². The van der Waals surface area contributed by atoms with Crippen LogP contribution in [-0.4, -0.2) is 22.9 Å². The van der Waals surface area contributed by atoms with Crippen LogP contribution in [0.25, 0.3) is 0 Å². The van der Waals surface area contributed by atoms with Gasteiger partial charge in [0, 0.05) is 30.9 Å². The van der Waals surface area contributed by atoms with Crippen LogP contribution in [0.1, 0.15) is 10.4 Å². The van der Waals surface area contributed by atoms with Crippen LogP contribution in [0.4, 0.5) is 5.69 Å². The van der Waals surface area contributed by atoms with E-state index >= 15 is 0 Å². The molecule has 0 aliphatic carbocycles. The van der Waals surface area contributed by atoms with Crippen LogP contribution in [0.3, 0.4) is 0 Å². The lowest BCUT2D eigenvalue weighted by atomic mass is 10.2. The highest BCUT2D eigenvalue weighted by molar-refractivity contribution is 5.94. The van der Waals surface area contributed by atoms with Crippen molar-refractivity contribution in [3.63, 3.8) is 0 Å². The zero-order chi connectivity index (χ0) is 14.5. The molecule has 2 aromatic rings. The molecule has 0 saturated carbocycles. The number of rotatable bonds is 4. The second-order valence-electron chi connectivity index (χ2n) is 3.81. The molecule has 0 radical (unpaired) electrons. The topological polar surface area (TPSA) is 94.4 Å². The number of carbonyl (C=O) groups is 1. The second kappa shape index (κ2) is 5.79. The van der Waals surface area contributed by atoms with Crippen LogP contribution >= 0.6 is 0 Å². The average molecular weight is 273 g/mol. The van der Waals surface area contributed by atoms with E-state index in [2.05, 4.69) is 10.3 Å². The van der Waals surface area contributed by atoms with E-state index in [0.29, 0.717) is 5.75 Å². The molecule has 0 atom stereocenters. The number of carbonyl (C=O) groups excluding carboxylic acids is 1. The Labute approximate surface area is 114 Å². The maximum atomic E-state index is 11.6. The number of nitrogens with one attached hydrogen (secondary N) is 1. The first-order valence-corrected chi connectivity index (χ1v) is 5.70. The van der Waals surface area contributed by atoms with Gasteiger partial charge in [-0.3, -0.25) is 19.9 Å². The van der Waals surface area contributed by atoms with Crippen molar-refractivity contribution in [3.8, 4) is 11.5 Å². The van der Waals surface area contributed by atoms with Crippen LogP contribution in [0.5, 0.6) is 11.5 Å². The number of pyridine rings is 1. The fraction of sp³-hybridized carbons (Fsp3) is 0.0769. The summed E-state index contributed by atoms with van der Waals surface area (Å²) >= 11 is 0. The summed E-state index contributed by atoms with van der Waals surface area (Å²) in [6.45, 7) is 0. The van der Waals surface area contributed by atoms with Crippen LogP contribution in [0, 0.1) is 10.1 Å². The highest BCUT2D eigenvalue weighted by atomic mass is 16.6. The minimum absolute atomic E-state index is 0.0101. The molecule has 7 nitrogen and oxygen atoms in total. The van der Waals surface area contributed by atoms with Gasteiger partial charge >= 0.3 is 5.69 Å². The molecule has 0 unspecified atom stereocenters. The van der Waals surface area contributed by atoms with Crippen molar-refractivity contribution < 1.29 is 14.5 Å². The number of nitro benzene ring substituents is 1. The standard InChI is InChI=1S/C13H11N3O4/c1-14-13(17)9-4-5-11(16(18)19)12(7-9)20-10-3-2-6-15-8-10/h2-8H,1H3,(H,14,17). The van der Waals surface area contributed by atoms with Crippen molar-refractivity contribution >= 4 is 11.6 Å². The van der Waals surface area contributed by atoms with Gasteiger partial charge in [0.15, 0.2) is 0 Å². The Morgan fingerprint density at radius 3 is 2.80 bits per heavy atom. The van der Waals surface area contributed by atoms with E-state index < -0.39 is 4.92 Å². The molecular formula is C13H11N3O4. The average Bonchev–Trinajstić information content (AvgIpc) is 2.47. The Balaban J connectivity index is 2.42. The number of nitro groups is 1. The normalized spacial score (nSPS) is 9.85. The van der Waals surface area contributed by atoms with Crippen LogP contribution < -0.4 is 10.1 Å². The molecule has 0 spiro atoms. The molecule has 0 bridgehead atoms. The summed E-state index contributed by atoms with van der Waals surface area (Å²) in [5.41, 5.74) is 0.0542. The Morgan fingerprint density at radius 1 is 1.40 bits per heavy atom. The lowest BCUT2D eigenvalue weighted by Gasteiger charge is -2.07. The quantitative estimate of drug-likeness (QED) is 0.680. The monoisotopic (exact) mass is 273 g/mol. The van der Waals surface area contributed by atoms with Crippen LogP contribution in [0.2, 0.25) is 0 Å². The second-order valence-corrected chi connectivity index (χ2v) is 3.81. The molecule has 0 aliphatic heterocycles. The molecule has 102 valence electrons. The fourth-order valence-electron chi connectivity index (χ4n) is 1.57. The largest absolute Gasteiger partial charge is 0.448 e. The summed E-state index contributed by atoms with van der Waals surface area (Å²) in [5, 5.41) is 13.4. The highest BCUT2D eigenvalue weighted by Gasteiger charge is 2.18. The number of ether oxygens (including phenoxy) is 1. The van der Waals surface area contributed by atoms with E-state index in [9.17, 15) is 14.9 Å². The van der Waals surface area contributed by atoms with Crippen molar-refractivity contribution in [2.45, 2.75) is 0 Å². The third kappa shape index (κ3) is 2.89. The summed E-state index contributed by atoms with van der Waals surface area (Å²) in [5.74, 6) is -0.00955. The SMILES string of the molecule is CNC(=O)c1ccc([N+](=O)[O-])c(Oc2cccnc2)c1. The van der Waals surface area contributed by atoms with Crippen LogP contribution in [-0.2, 0) is 0 Å². The number of nitrogens with zero attached hydrogens (tertiary/aromatic N) is 2. The third-order valence-corrected chi connectivity index (χ3v) is 2.51. The molecule has 7 heteroatoms. The van der Waals surface area contributed by atoms with Gasteiger partial charge < -0.3 is 10.1 Å².